The summed E-state index contributed by atoms with van der Waals surface area (Å²) >= 11 is 0. The third-order valence-corrected chi connectivity index (χ3v) is 3.67. The summed E-state index contributed by atoms with van der Waals surface area (Å²) in [5.41, 5.74) is 2.19. The molecule has 0 unspecified atom stereocenters. The smallest absolute Gasteiger partial charge is 0.407 e. The Balaban J connectivity index is 2.01. The van der Waals surface area contributed by atoms with Gasteiger partial charge in [0.15, 0.2) is 0 Å². The summed E-state index contributed by atoms with van der Waals surface area (Å²) < 4.78 is 13.3. The van der Waals surface area contributed by atoms with E-state index in [9.17, 15) is 9.18 Å². The predicted molar refractivity (Wildman–Crippen MR) is 76.1 cm³/mol. The Labute approximate surface area is 115 Å². The fourth-order valence-electron chi connectivity index (χ4n) is 2.62. The minimum Gasteiger partial charge on any atom is -0.465 e. The number of hydrogen-bond acceptors (Lipinski definition) is 1. The molecule has 3 rings (SSSR count). The van der Waals surface area contributed by atoms with Crippen molar-refractivity contribution >= 4 is 22.4 Å². The highest BCUT2D eigenvalue weighted by Crippen LogP contribution is 2.29. The normalized spacial score (nSPS) is 15.2. The van der Waals surface area contributed by atoms with Gasteiger partial charge in [0.05, 0.1) is 0 Å². The number of rotatable bonds is 1. The molecule has 2 aromatic carbocycles. The molecule has 0 aromatic heterocycles. The Kier molecular flexibility index (Phi) is 3.14. The maximum Gasteiger partial charge on any atom is 0.407 e. The molecule has 1 aliphatic rings. The van der Waals surface area contributed by atoms with Crippen molar-refractivity contribution in [3.63, 3.8) is 0 Å². The highest BCUT2D eigenvalue weighted by Gasteiger charge is 2.17. The van der Waals surface area contributed by atoms with Gasteiger partial charge in [-0.1, -0.05) is 30.3 Å². The molecule has 0 aliphatic carbocycles. The molecule has 4 heteroatoms. The van der Waals surface area contributed by atoms with E-state index >= 15 is 0 Å². The fraction of sp³-hybridized carbons (Fsp3) is 0.188. The molecule has 102 valence electrons. The Morgan fingerprint density at radius 2 is 2.10 bits per heavy atom. The molecular formula is C16H14FNO2. The zero-order chi connectivity index (χ0) is 14.1. The largest absolute Gasteiger partial charge is 0.465 e. The number of nitrogens with zero attached hydrogens (tertiary/aromatic N) is 1. The lowest BCUT2D eigenvalue weighted by molar-refractivity contribution is 0.150. The highest BCUT2D eigenvalue weighted by molar-refractivity contribution is 5.94. The summed E-state index contributed by atoms with van der Waals surface area (Å²) in [7, 11) is 0. The first-order valence-corrected chi connectivity index (χ1v) is 6.51. The Morgan fingerprint density at radius 1 is 1.25 bits per heavy atom. The van der Waals surface area contributed by atoms with Crippen LogP contribution in [-0.2, 0) is 0 Å². The van der Waals surface area contributed by atoms with Crippen LogP contribution in [0.5, 0.6) is 0 Å². The molecule has 1 amide bonds. The van der Waals surface area contributed by atoms with Gasteiger partial charge in [0.1, 0.15) is 5.82 Å². The fourth-order valence-corrected chi connectivity index (χ4v) is 2.62. The molecule has 0 bridgehead atoms. The number of carboxylic acid groups (broad SMARTS) is 1. The molecule has 1 heterocycles. The van der Waals surface area contributed by atoms with Crippen molar-refractivity contribution < 1.29 is 14.3 Å². The summed E-state index contributed by atoms with van der Waals surface area (Å²) in [6, 6.07) is 10.5. The number of hydrogen-bond donors (Lipinski definition) is 1. The lowest BCUT2D eigenvalue weighted by Gasteiger charge is -2.24. The number of amides is 1. The monoisotopic (exact) mass is 271 g/mol. The summed E-state index contributed by atoms with van der Waals surface area (Å²) in [6.45, 7) is 0.904. The van der Waals surface area contributed by atoms with E-state index in [1.807, 2.05) is 24.3 Å². The van der Waals surface area contributed by atoms with Crippen LogP contribution in [0, 0.1) is 5.82 Å². The second kappa shape index (κ2) is 4.96. The van der Waals surface area contributed by atoms with Crippen LogP contribution in [0.1, 0.15) is 12.0 Å². The van der Waals surface area contributed by atoms with Gasteiger partial charge in [-0.3, -0.25) is 0 Å². The first-order chi connectivity index (χ1) is 9.65. The molecule has 3 nitrogen and oxygen atoms in total. The van der Waals surface area contributed by atoms with E-state index < -0.39 is 6.09 Å². The van der Waals surface area contributed by atoms with Crippen LogP contribution in [0.2, 0.25) is 0 Å². The van der Waals surface area contributed by atoms with Gasteiger partial charge in [-0.2, -0.15) is 0 Å². The minimum atomic E-state index is -0.889. The molecule has 1 aliphatic heterocycles. The molecule has 0 saturated heterocycles. The van der Waals surface area contributed by atoms with Crippen molar-refractivity contribution in [1.29, 1.82) is 0 Å². The molecule has 0 fully saturated rings. The Morgan fingerprint density at radius 3 is 2.80 bits per heavy atom. The topological polar surface area (TPSA) is 40.5 Å². The van der Waals surface area contributed by atoms with Crippen LogP contribution in [0.3, 0.4) is 0 Å². The number of halogens is 1. The van der Waals surface area contributed by atoms with E-state index in [0.717, 1.165) is 21.9 Å². The number of carbonyl (C=O) groups is 1. The van der Waals surface area contributed by atoms with Crippen molar-refractivity contribution in [3.05, 3.63) is 53.9 Å². The first-order valence-electron chi connectivity index (χ1n) is 6.51. The molecule has 0 atom stereocenters. The standard InChI is InChI=1S/C16H14FNO2/c17-13-4-5-15-12(10-13)2-1-3-14(15)11-6-8-18(9-7-11)16(19)20/h1-6,10H,7-9H2,(H,19,20). The molecule has 20 heavy (non-hydrogen) atoms. The predicted octanol–water partition coefficient (Wildman–Crippen LogP) is 3.75. The van der Waals surface area contributed by atoms with E-state index in [1.165, 1.54) is 17.0 Å². The number of fused-ring (bicyclic) bond motifs is 1. The summed E-state index contributed by atoms with van der Waals surface area (Å²) in [5, 5.41) is 10.8. The minimum absolute atomic E-state index is 0.246. The zero-order valence-corrected chi connectivity index (χ0v) is 10.8. The SMILES string of the molecule is O=C(O)N1CC=C(c2cccc3cc(F)ccc23)CC1. The lowest BCUT2D eigenvalue weighted by Crippen LogP contribution is -2.33. The third kappa shape index (κ3) is 2.25. The average Bonchev–Trinajstić information content (AvgIpc) is 2.46. The first kappa shape index (κ1) is 12.7. The van der Waals surface area contributed by atoms with Gasteiger partial charge < -0.3 is 10.0 Å². The van der Waals surface area contributed by atoms with Crippen LogP contribution in [-0.4, -0.2) is 29.2 Å². The number of benzene rings is 2. The van der Waals surface area contributed by atoms with Gasteiger partial charge in [-0.25, -0.2) is 9.18 Å². The second-order valence-corrected chi connectivity index (χ2v) is 4.88. The Hall–Kier alpha value is -2.36. The Bertz CT molecular complexity index is 709. The van der Waals surface area contributed by atoms with E-state index in [4.69, 9.17) is 5.11 Å². The zero-order valence-electron chi connectivity index (χ0n) is 10.8. The molecule has 0 radical (unpaired) electrons. The third-order valence-electron chi connectivity index (χ3n) is 3.67. The van der Waals surface area contributed by atoms with Crippen LogP contribution in [0.15, 0.2) is 42.5 Å². The second-order valence-electron chi connectivity index (χ2n) is 4.88. The van der Waals surface area contributed by atoms with Crippen LogP contribution in [0.4, 0.5) is 9.18 Å². The van der Waals surface area contributed by atoms with Gasteiger partial charge in [0, 0.05) is 13.1 Å². The summed E-state index contributed by atoms with van der Waals surface area (Å²) in [6.07, 6.45) is 1.73. The van der Waals surface area contributed by atoms with Crippen LogP contribution < -0.4 is 0 Å². The van der Waals surface area contributed by atoms with Crippen LogP contribution in [0.25, 0.3) is 16.3 Å². The van der Waals surface area contributed by atoms with Crippen molar-refractivity contribution in [2.75, 3.05) is 13.1 Å². The lowest BCUT2D eigenvalue weighted by atomic mass is 9.94. The van der Waals surface area contributed by atoms with Gasteiger partial charge in [-0.15, -0.1) is 0 Å². The highest BCUT2D eigenvalue weighted by atomic mass is 19.1. The molecule has 0 saturated carbocycles. The van der Waals surface area contributed by atoms with Gasteiger partial charge in [-0.05, 0) is 40.5 Å². The van der Waals surface area contributed by atoms with Crippen molar-refractivity contribution in [2.24, 2.45) is 0 Å². The van der Waals surface area contributed by atoms with Crippen LogP contribution >= 0.6 is 0 Å². The van der Waals surface area contributed by atoms with E-state index in [-0.39, 0.29) is 5.82 Å². The van der Waals surface area contributed by atoms with Gasteiger partial charge in [0.25, 0.3) is 0 Å². The van der Waals surface area contributed by atoms with Crippen molar-refractivity contribution in [2.45, 2.75) is 6.42 Å². The quantitative estimate of drug-likeness (QED) is 0.858. The maximum atomic E-state index is 13.3. The van der Waals surface area contributed by atoms with E-state index in [1.54, 1.807) is 6.07 Å². The summed E-state index contributed by atoms with van der Waals surface area (Å²) in [4.78, 5) is 12.3. The molecule has 1 N–H and O–H groups in total. The van der Waals surface area contributed by atoms with Crippen molar-refractivity contribution in [1.82, 2.24) is 4.90 Å². The molecule has 0 spiro atoms. The average molecular weight is 271 g/mol. The van der Waals surface area contributed by atoms with Gasteiger partial charge in [0.2, 0.25) is 0 Å². The van der Waals surface area contributed by atoms with Gasteiger partial charge >= 0.3 is 6.09 Å². The van der Waals surface area contributed by atoms with Crippen molar-refractivity contribution in [3.8, 4) is 0 Å². The van der Waals surface area contributed by atoms with E-state index in [2.05, 4.69) is 0 Å². The molecular weight excluding hydrogens is 257 g/mol. The van der Waals surface area contributed by atoms with E-state index in [0.29, 0.717) is 19.5 Å². The maximum absolute atomic E-state index is 13.3. The summed E-state index contributed by atoms with van der Waals surface area (Å²) in [5.74, 6) is -0.246. The molecule has 2 aromatic rings.